The average molecular weight is 578 g/mol. The summed E-state index contributed by atoms with van der Waals surface area (Å²) < 4.78 is 34.0. The van der Waals surface area contributed by atoms with E-state index in [9.17, 15) is 33.0 Å². The van der Waals surface area contributed by atoms with Crippen LogP contribution in [0.3, 0.4) is 0 Å². The maximum atomic E-state index is 13.0. The first kappa shape index (κ1) is 30.8. The highest BCUT2D eigenvalue weighted by molar-refractivity contribution is 7.89. The fourth-order valence-electron chi connectivity index (χ4n) is 4.79. The van der Waals surface area contributed by atoms with Gasteiger partial charge in [-0.2, -0.15) is 4.72 Å². The molecule has 2 heterocycles. The molecular weight excluding hydrogens is 542 g/mol. The standard InChI is InChI=1S/C26H35N5O8S/c1-16-9-17(2)24(18(3)10-16)40(37,38)29-21(25(33)34)14-30(4)23(32)15-39-20-11-19(31(13-20)26(35)36)12-28-22-7-5-6-8-27-22/h5-10,19-21,29H,11-15H2,1-4H3,(H,27,28)(H,33,34)(H,35,36). The van der Waals surface area contributed by atoms with Gasteiger partial charge in [0.2, 0.25) is 15.9 Å². The Morgan fingerprint density at radius 1 is 1.18 bits per heavy atom. The lowest BCUT2D eigenvalue weighted by molar-refractivity contribution is -0.141. The molecule has 0 radical (unpaired) electrons. The van der Waals surface area contributed by atoms with E-state index in [0.717, 1.165) is 10.5 Å². The van der Waals surface area contributed by atoms with Crippen LogP contribution in [0.2, 0.25) is 0 Å². The first-order valence-corrected chi connectivity index (χ1v) is 14.1. The van der Waals surface area contributed by atoms with Gasteiger partial charge in [-0.05, 0) is 50.5 Å². The number of carboxylic acid groups (broad SMARTS) is 2. The molecule has 0 spiro atoms. The molecule has 2 amide bonds. The second kappa shape index (κ2) is 13.1. The Bertz CT molecular complexity index is 1310. The molecule has 40 heavy (non-hydrogen) atoms. The van der Waals surface area contributed by atoms with Gasteiger partial charge < -0.3 is 30.1 Å². The molecule has 1 aliphatic rings. The van der Waals surface area contributed by atoms with E-state index in [-0.39, 0.29) is 11.4 Å². The van der Waals surface area contributed by atoms with Crippen LogP contribution in [0.15, 0.2) is 41.4 Å². The third-order valence-corrected chi connectivity index (χ3v) is 8.38. The van der Waals surface area contributed by atoms with E-state index >= 15 is 0 Å². The number of aliphatic carboxylic acids is 1. The van der Waals surface area contributed by atoms with Gasteiger partial charge in [0.15, 0.2) is 0 Å². The van der Waals surface area contributed by atoms with Crippen LogP contribution < -0.4 is 10.0 Å². The van der Waals surface area contributed by atoms with Crippen molar-refractivity contribution >= 4 is 33.8 Å². The SMILES string of the molecule is Cc1cc(C)c(S(=O)(=O)NC(CN(C)C(=O)COC2CC(CNc3ccccn3)N(C(=O)O)C2)C(=O)O)c(C)c1. The average Bonchev–Trinajstić information content (AvgIpc) is 3.28. The summed E-state index contributed by atoms with van der Waals surface area (Å²) in [6.45, 7) is 4.59. The van der Waals surface area contributed by atoms with Crippen molar-refractivity contribution in [2.24, 2.45) is 0 Å². The van der Waals surface area contributed by atoms with Crippen LogP contribution in [0.25, 0.3) is 0 Å². The number of likely N-dealkylation sites (N-methyl/N-ethyl adjacent to an activating group) is 1. The number of carbonyl (C=O) groups excluding carboxylic acids is 1. The van der Waals surface area contributed by atoms with Crippen LogP contribution in [0.4, 0.5) is 10.6 Å². The molecule has 0 aliphatic carbocycles. The minimum Gasteiger partial charge on any atom is -0.480 e. The molecule has 3 unspecified atom stereocenters. The molecular formula is C26H35N5O8S. The van der Waals surface area contributed by atoms with Crippen LogP contribution in [0.1, 0.15) is 23.1 Å². The number of rotatable bonds is 12. The molecule has 14 heteroatoms. The molecule has 0 saturated carbocycles. The van der Waals surface area contributed by atoms with E-state index < -0.39 is 59.3 Å². The number of nitrogens with one attached hydrogen (secondary N) is 2. The van der Waals surface area contributed by atoms with Crippen LogP contribution >= 0.6 is 0 Å². The Kier molecular flexibility index (Phi) is 10.1. The summed E-state index contributed by atoms with van der Waals surface area (Å²) in [5.74, 6) is -1.42. The molecule has 2 aromatic rings. The molecule has 218 valence electrons. The normalized spacial score (nSPS) is 17.9. The van der Waals surface area contributed by atoms with Crippen LogP contribution in [-0.4, -0.2) is 103 Å². The van der Waals surface area contributed by atoms with Gasteiger partial charge in [-0.25, -0.2) is 18.2 Å². The van der Waals surface area contributed by atoms with Crippen molar-refractivity contribution in [1.29, 1.82) is 0 Å². The van der Waals surface area contributed by atoms with Gasteiger partial charge in [-0.15, -0.1) is 0 Å². The number of anilines is 1. The predicted molar refractivity (Wildman–Crippen MR) is 146 cm³/mol. The molecule has 4 N–H and O–H groups in total. The van der Waals surface area contributed by atoms with Crippen molar-refractivity contribution in [2.75, 3.05) is 38.6 Å². The van der Waals surface area contributed by atoms with Crippen molar-refractivity contribution in [3.63, 3.8) is 0 Å². The number of hydrogen-bond acceptors (Lipinski definition) is 8. The molecule has 1 aromatic heterocycles. The van der Waals surface area contributed by atoms with Crippen LogP contribution in [-0.2, 0) is 24.3 Å². The molecule has 3 rings (SSSR count). The van der Waals surface area contributed by atoms with E-state index in [1.165, 1.54) is 11.9 Å². The summed E-state index contributed by atoms with van der Waals surface area (Å²) in [5.41, 5.74) is 1.83. The maximum Gasteiger partial charge on any atom is 0.407 e. The predicted octanol–water partition coefficient (Wildman–Crippen LogP) is 1.45. The Morgan fingerprint density at radius 3 is 2.42 bits per heavy atom. The maximum absolute atomic E-state index is 13.0. The topological polar surface area (TPSA) is 178 Å². The highest BCUT2D eigenvalue weighted by atomic mass is 32.2. The number of carboxylic acids is 1. The lowest BCUT2D eigenvalue weighted by atomic mass is 10.1. The summed E-state index contributed by atoms with van der Waals surface area (Å²) >= 11 is 0. The smallest absolute Gasteiger partial charge is 0.407 e. The Hall–Kier alpha value is -3.75. The Balaban J connectivity index is 1.57. The summed E-state index contributed by atoms with van der Waals surface area (Å²) in [7, 11) is -2.85. The lowest BCUT2D eigenvalue weighted by Crippen LogP contribution is -2.49. The van der Waals surface area contributed by atoms with E-state index in [0.29, 0.717) is 29.9 Å². The van der Waals surface area contributed by atoms with Gasteiger partial charge in [-0.3, -0.25) is 9.59 Å². The number of hydrogen-bond donors (Lipinski definition) is 4. The number of aryl methyl sites for hydroxylation is 3. The number of benzene rings is 1. The molecule has 1 aromatic carbocycles. The molecule has 0 bridgehead atoms. The zero-order valence-corrected chi connectivity index (χ0v) is 23.6. The first-order valence-electron chi connectivity index (χ1n) is 12.6. The Labute approximate surface area is 233 Å². The van der Waals surface area contributed by atoms with Crippen LogP contribution in [0, 0.1) is 20.8 Å². The number of likely N-dealkylation sites (tertiary alicyclic amines) is 1. The second-order valence-electron chi connectivity index (χ2n) is 9.87. The van der Waals surface area contributed by atoms with Gasteiger partial charge >= 0.3 is 12.1 Å². The number of pyridine rings is 1. The number of carbonyl (C=O) groups is 3. The van der Waals surface area contributed by atoms with Gasteiger partial charge in [0, 0.05) is 26.3 Å². The van der Waals surface area contributed by atoms with Gasteiger partial charge in [0.25, 0.3) is 0 Å². The van der Waals surface area contributed by atoms with E-state index in [1.54, 1.807) is 50.4 Å². The fraction of sp³-hybridized carbons (Fsp3) is 0.462. The second-order valence-corrected chi connectivity index (χ2v) is 11.5. The monoisotopic (exact) mass is 577 g/mol. The third kappa shape index (κ3) is 7.90. The highest BCUT2D eigenvalue weighted by Crippen LogP contribution is 2.23. The zero-order valence-electron chi connectivity index (χ0n) is 22.8. The number of amides is 2. The van der Waals surface area contributed by atoms with Gasteiger partial charge in [0.1, 0.15) is 18.5 Å². The van der Waals surface area contributed by atoms with Crippen molar-refractivity contribution in [2.45, 2.75) is 50.3 Å². The molecule has 3 atom stereocenters. The van der Waals surface area contributed by atoms with E-state index in [2.05, 4.69) is 15.0 Å². The van der Waals surface area contributed by atoms with E-state index in [1.807, 2.05) is 6.92 Å². The number of sulfonamides is 1. The number of nitrogens with zero attached hydrogens (tertiary/aromatic N) is 3. The van der Waals surface area contributed by atoms with Crippen molar-refractivity contribution in [1.82, 2.24) is 19.5 Å². The molecule has 13 nitrogen and oxygen atoms in total. The number of aromatic nitrogens is 1. The van der Waals surface area contributed by atoms with E-state index in [4.69, 9.17) is 4.74 Å². The summed E-state index contributed by atoms with van der Waals surface area (Å²) in [5, 5.41) is 22.3. The van der Waals surface area contributed by atoms with Crippen molar-refractivity contribution in [3.8, 4) is 0 Å². The molecule has 1 aliphatic heterocycles. The fourth-order valence-corrected chi connectivity index (χ4v) is 6.42. The quantitative estimate of drug-likeness (QED) is 0.288. The summed E-state index contributed by atoms with van der Waals surface area (Å²) in [6.07, 6.45) is 0.295. The lowest BCUT2D eigenvalue weighted by Gasteiger charge is -2.24. The van der Waals surface area contributed by atoms with Crippen LogP contribution in [0.5, 0.6) is 0 Å². The van der Waals surface area contributed by atoms with Gasteiger partial charge in [0.05, 0.1) is 23.6 Å². The zero-order chi connectivity index (χ0) is 29.6. The largest absolute Gasteiger partial charge is 0.480 e. The van der Waals surface area contributed by atoms with Crippen molar-refractivity contribution in [3.05, 3.63) is 53.2 Å². The van der Waals surface area contributed by atoms with Gasteiger partial charge in [-0.1, -0.05) is 23.8 Å². The third-order valence-electron chi connectivity index (χ3n) is 6.60. The Morgan fingerprint density at radius 2 is 1.85 bits per heavy atom. The summed E-state index contributed by atoms with van der Waals surface area (Å²) in [4.78, 5) is 42.8. The molecule has 1 fully saturated rings. The minimum atomic E-state index is -4.20. The number of ether oxygens (including phenoxy) is 1. The first-order chi connectivity index (χ1) is 18.8. The molecule has 1 saturated heterocycles. The highest BCUT2D eigenvalue weighted by Gasteiger charge is 2.36. The minimum absolute atomic E-state index is 0.00188. The summed E-state index contributed by atoms with van der Waals surface area (Å²) in [6, 6.07) is 6.71. The van der Waals surface area contributed by atoms with Crippen molar-refractivity contribution < 1.29 is 37.8 Å².